The van der Waals surface area contributed by atoms with Crippen LogP contribution in [0.25, 0.3) is 0 Å². The molecule has 1 unspecified atom stereocenters. The third-order valence-electron chi connectivity index (χ3n) is 3.65. The minimum absolute atomic E-state index is 0.0586. The molecule has 1 rings (SSSR count). The van der Waals surface area contributed by atoms with Gasteiger partial charge in [-0.05, 0) is 55.7 Å². The van der Waals surface area contributed by atoms with E-state index >= 15 is 0 Å². The summed E-state index contributed by atoms with van der Waals surface area (Å²) >= 11 is 0. The van der Waals surface area contributed by atoms with Crippen molar-refractivity contribution in [3.63, 3.8) is 0 Å². The Morgan fingerprint density at radius 1 is 0.783 bits per heavy atom. The van der Waals surface area contributed by atoms with Crippen LogP contribution in [0, 0.1) is 16.7 Å². The SMILES string of the molecule is CC(C)(C)C1=CC(C(C)(C)C)C(O[Si](C)(C)C)=C1O[Si](C)(C)C. The van der Waals surface area contributed by atoms with Crippen molar-refractivity contribution in [3.05, 3.63) is 23.2 Å². The van der Waals surface area contributed by atoms with E-state index in [4.69, 9.17) is 8.85 Å². The highest BCUT2D eigenvalue weighted by Crippen LogP contribution is 2.49. The van der Waals surface area contributed by atoms with Gasteiger partial charge in [0.2, 0.25) is 16.6 Å². The molecule has 4 heteroatoms. The molecule has 0 spiro atoms. The lowest BCUT2D eigenvalue weighted by molar-refractivity contribution is 0.237. The Morgan fingerprint density at radius 2 is 1.22 bits per heavy atom. The first kappa shape index (κ1) is 20.6. The largest absolute Gasteiger partial charge is 0.544 e. The maximum atomic E-state index is 6.59. The van der Waals surface area contributed by atoms with Crippen molar-refractivity contribution < 1.29 is 8.85 Å². The first-order valence-corrected chi connectivity index (χ1v) is 15.6. The van der Waals surface area contributed by atoms with E-state index in [0.29, 0.717) is 0 Å². The first-order chi connectivity index (χ1) is 9.92. The second kappa shape index (κ2) is 6.10. The van der Waals surface area contributed by atoms with Gasteiger partial charge in [0.25, 0.3) is 0 Å². The highest BCUT2D eigenvalue weighted by atomic mass is 28.4. The van der Waals surface area contributed by atoms with Crippen molar-refractivity contribution >= 4 is 16.6 Å². The maximum absolute atomic E-state index is 6.59. The molecule has 1 aliphatic carbocycles. The first-order valence-electron chi connectivity index (χ1n) is 8.77. The molecule has 0 radical (unpaired) electrons. The number of rotatable bonds is 4. The molecule has 0 fully saturated rings. The van der Waals surface area contributed by atoms with Crippen LogP contribution in [0.2, 0.25) is 39.3 Å². The van der Waals surface area contributed by atoms with Crippen LogP contribution in [-0.4, -0.2) is 16.6 Å². The molecule has 1 atom stereocenters. The van der Waals surface area contributed by atoms with E-state index in [1.165, 1.54) is 5.57 Å². The van der Waals surface area contributed by atoms with Crippen LogP contribution in [0.3, 0.4) is 0 Å². The van der Waals surface area contributed by atoms with Crippen molar-refractivity contribution in [2.24, 2.45) is 16.7 Å². The average molecular weight is 355 g/mol. The monoisotopic (exact) mass is 354 g/mol. The standard InChI is InChI=1S/C19H38O2Si2/c1-18(2,3)14-13-15(19(4,5)6)17(21-23(10,11)12)16(14)20-22(7,8)9/h13-14H,1-12H3. The third-order valence-corrected chi connectivity index (χ3v) is 5.30. The number of hydrogen-bond acceptors (Lipinski definition) is 2. The molecule has 0 aromatic carbocycles. The van der Waals surface area contributed by atoms with Crippen molar-refractivity contribution in [2.75, 3.05) is 0 Å². The summed E-state index contributed by atoms with van der Waals surface area (Å²) in [6.07, 6.45) is 2.41. The number of hydrogen-bond donors (Lipinski definition) is 0. The molecule has 0 saturated carbocycles. The molecule has 0 aromatic heterocycles. The Balaban J connectivity index is 3.52. The highest BCUT2D eigenvalue weighted by molar-refractivity contribution is 6.70. The van der Waals surface area contributed by atoms with Gasteiger partial charge in [-0.2, -0.15) is 0 Å². The average Bonchev–Trinajstić information content (AvgIpc) is 2.50. The lowest BCUT2D eigenvalue weighted by Crippen LogP contribution is -2.32. The molecule has 0 heterocycles. The Kier molecular flexibility index (Phi) is 5.46. The zero-order valence-corrected chi connectivity index (χ0v) is 19.5. The van der Waals surface area contributed by atoms with E-state index in [9.17, 15) is 0 Å². The van der Waals surface area contributed by atoms with Gasteiger partial charge in [0.15, 0.2) is 0 Å². The fourth-order valence-electron chi connectivity index (χ4n) is 2.68. The Labute approximate surface area is 146 Å². The van der Waals surface area contributed by atoms with Gasteiger partial charge in [-0.15, -0.1) is 0 Å². The molecule has 0 aliphatic heterocycles. The zero-order chi connectivity index (χ0) is 18.4. The minimum atomic E-state index is -1.71. The summed E-state index contributed by atoms with van der Waals surface area (Å²) in [5.41, 5.74) is 1.49. The molecule has 134 valence electrons. The van der Waals surface area contributed by atoms with Crippen LogP contribution in [-0.2, 0) is 8.85 Å². The fraction of sp³-hybridized carbons (Fsp3) is 0.789. The zero-order valence-electron chi connectivity index (χ0n) is 17.5. The molecule has 0 amide bonds. The highest BCUT2D eigenvalue weighted by Gasteiger charge is 2.42. The molecular weight excluding hydrogens is 316 g/mol. The van der Waals surface area contributed by atoms with Crippen LogP contribution in [0.4, 0.5) is 0 Å². The van der Waals surface area contributed by atoms with Gasteiger partial charge < -0.3 is 8.85 Å². The summed E-state index contributed by atoms with van der Waals surface area (Å²) in [5, 5.41) is 0. The van der Waals surface area contributed by atoms with Gasteiger partial charge >= 0.3 is 0 Å². The molecule has 0 aromatic rings. The van der Waals surface area contributed by atoms with Crippen molar-refractivity contribution in [3.8, 4) is 0 Å². The Morgan fingerprint density at radius 3 is 1.52 bits per heavy atom. The Hall–Kier alpha value is -0.486. The molecule has 1 aliphatic rings. The smallest absolute Gasteiger partial charge is 0.242 e. The maximum Gasteiger partial charge on any atom is 0.242 e. The van der Waals surface area contributed by atoms with Crippen LogP contribution in [0.1, 0.15) is 41.5 Å². The van der Waals surface area contributed by atoms with Crippen LogP contribution in [0.15, 0.2) is 23.2 Å². The number of allylic oxidation sites excluding steroid dienone is 2. The van der Waals surface area contributed by atoms with E-state index < -0.39 is 16.6 Å². The predicted molar refractivity (Wildman–Crippen MR) is 106 cm³/mol. The van der Waals surface area contributed by atoms with Gasteiger partial charge in [0.05, 0.1) is 0 Å². The van der Waals surface area contributed by atoms with Crippen LogP contribution >= 0.6 is 0 Å². The summed E-state index contributed by atoms with van der Waals surface area (Å²) < 4.78 is 13.2. The molecule has 0 bridgehead atoms. The normalized spacial score (nSPS) is 20.7. The Bertz CT molecular complexity index is 503. The van der Waals surface area contributed by atoms with Crippen molar-refractivity contribution in [1.29, 1.82) is 0 Å². The van der Waals surface area contributed by atoms with Crippen molar-refractivity contribution in [1.82, 2.24) is 0 Å². The summed E-state index contributed by atoms with van der Waals surface area (Å²) in [4.78, 5) is 0. The predicted octanol–water partition coefficient (Wildman–Crippen LogP) is 6.55. The molecule has 0 saturated heterocycles. The molecule has 2 nitrogen and oxygen atoms in total. The van der Waals surface area contributed by atoms with Gasteiger partial charge in [0, 0.05) is 5.92 Å². The van der Waals surface area contributed by atoms with Crippen LogP contribution < -0.4 is 0 Å². The molecule has 23 heavy (non-hydrogen) atoms. The lowest BCUT2D eigenvalue weighted by atomic mass is 9.79. The van der Waals surface area contributed by atoms with Gasteiger partial charge in [0.1, 0.15) is 11.5 Å². The summed E-state index contributed by atoms with van der Waals surface area (Å²) in [6, 6.07) is 0. The van der Waals surface area contributed by atoms with E-state index in [2.05, 4.69) is 86.9 Å². The van der Waals surface area contributed by atoms with E-state index in [1.54, 1.807) is 0 Å². The lowest BCUT2D eigenvalue weighted by Gasteiger charge is -2.33. The molecular formula is C19H38O2Si2. The van der Waals surface area contributed by atoms with Gasteiger partial charge in [-0.1, -0.05) is 47.6 Å². The van der Waals surface area contributed by atoms with Crippen molar-refractivity contribution in [2.45, 2.75) is 80.8 Å². The summed E-state index contributed by atoms with van der Waals surface area (Å²) in [6.45, 7) is 27.2. The van der Waals surface area contributed by atoms with Crippen LogP contribution in [0.5, 0.6) is 0 Å². The topological polar surface area (TPSA) is 18.5 Å². The van der Waals surface area contributed by atoms with E-state index in [-0.39, 0.29) is 16.7 Å². The summed E-state index contributed by atoms with van der Waals surface area (Å²) in [7, 11) is -3.42. The summed E-state index contributed by atoms with van der Waals surface area (Å²) in [5.74, 6) is 2.41. The second-order valence-electron chi connectivity index (χ2n) is 10.8. The van der Waals surface area contributed by atoms with E-state index in [0.717, 1.165) is 11.5 Å². The minimum Gasteiger partial charge on any atom is -0.544 e. The quantitative estimate of drug-likeness (QED) is 0.533. The fourth-order valence-corrected chi connectivity index (χ4v) is 4.38. The van der Waals surface area contributed by atoms with Gasteiger partial charge in [-0.25, -0.2) is 0 Å². The second-order valence-corrected chi connectivity index (χ2v) is 19.7. The van der Waals surface area contributed by atoms with Gasteiger partial charge in [-0.3, -0.25) is 0 Å². The van der Waals surface area contributed by atoms with E-state index in [1.807, 2.05) is 0 Å². The molecule has 0 N–H and O–H groups in total. The third kappa shape index (κ3) is 5.82.